The molecule has 24 heavy (non-hydrogen) atoms. The van der Waals surface area contributed by atoms with Crippen LogP contribution in [0.4, 0.5) is 13.2 Å². The largest absolute Gasteiger partial charge is 0.501 e. The van der Waals surface area contributed by atoms with Gasteiger partial charge in [0.2, 0.25) is 0 Å². The number of ether oxygens (including phenoxy) is 1. The molecule has 6 nitrogen and oxygen atoms in total. The van der Waals surface area contributed by atoms with Gasteiger partial charge in [-0.25, -0.2) is 4.79 Å². The van der Waals surface area contributed by atoms with Crippen molar-refractivity contribution in [3.8, 4) is 0 Å². The van der Waals surface area contributed by atoms with Gasteiger partial charge < -0.3 is 9.57 Å². The zero-order valence-electron chi connectivity index (χ0n) is 13.6. The number of halogens is 3. The van der Waals surface area contributed by atoms with Crippen LogP contribution in [0.3, 0.4) is 0 Å². The van der Waals surface area contributed by atoms with Crippen molar-refractivity contribution in [3.05, 3.63) is 33.9 Å². The van der Waals surface area contributed by atoms with Gasteiger partial charge in [0.25, 0.3) is 0 Å². The molecule has 0 saturated heterocycles. The van der Waals surface area contributed by atoms with E-state index in [1.165, 1.54) is 0 Å². The van der Waals surface area contributed by atoms with Gasteiger partial charge in [0.1, 0.15) is 5.56 Å². The molecule has 0 fully saturated rings. The molecule has 0 spiro atoms. The molecule has 1 heterocycles. The predicted octanol–water partition coefficient (Wildman–Crippen LogP) is 2.66. The second-order valence-corrected chi connectivity index (χ2v) is 5.31. The van der Waals surface area contributed by atoms with E-state index in [0.29, 0.717) is 19.1 Å². The molecule has 0 aliphatic rings. The number of carbonyl (C=O) groups is 1. The van der Waals surface area contributed by atoms with Crippen LogP contribution in [0.15, 0.2) is 17.1 Å². The molecule has 0 aromatic carbocycles. The number of hydrogen-bond donors (Lipinski definition) is 0. The van der Waals surface area contributed by atoms with Gasteiger partial charge in [-0.3, -0.25) is 4.79 Å². The van der Waals surface area contributed by atoms with Crippen molar-refractivity contribution < 1.29 is 27.5 Å². The summed E-state index contributed by atoms with van der Waals surface area (Å²) in [6.45, 7) is 5.75. The fourth-order valence-corrected chi connectivity index (χ4v) is 1.60. The third-order valence-corrected chi connectivity index (χ3v) is 2.82. The zero-order valence-corrected chi connectivity index (χ0v) is 13.6. The number of hydrogen-bond acceptors (Lipinski definition) is 5. The minimum absolute atomic E-state index is 0.0356. The van der Waals surface area contributed by atoms with Crippen LogP contribution in [-0.4, -0.2) is 22.5 Å². The van der Waals surface area contributed by atoms with Crippen molar-refractivity contribution in [2.45, 2.75) is 39.8 Å². The summed E-state index contributed by atoms with van der Waals surface area (Å²) < 4.78 is 43.7. The molecule has 1 aromatic heterocycles. The van der Waals surface area contributed by atoms with Crippen molar-refractivity contribution in [3.63, 3.8) is 0 Å². The Morgan fingerprint density at radius 2 is 2.08 bits per heavy atom. The van der Waals surface area contributed by atoms with Crippen LogP contribution in [0, 0.1) is 5.92 Å². The lowest BCUT2D eigenvalue weighted by Gasteiger charge is -2.11. The predicted molar refractivity (Wildman–Crippen MR) is 79.8 cm³/mol. The van der Waals surface area contributed by atoms with Crippen LogP contribution in [0.2, 0.25) is 0 Å². The van der Waals surface area contributed by atoms with Crippen LogP contribution in [0.1, 0.15) is 44.9 Å². The van der Waals surface area contributed by atoms with Crippen molar-refractivity contribution in [2.24, 2.45) is 5.92 Å². The van der Waals surface area contributed by atoms with Gasteiger partial charge in [0, 0.05) is 12.5 Å². The van der Waals surface area contributed by atoms with E-state index in [2.05, 4.69) is 9.94 Å². The SMILES string of the molecule is CCO/C=C/c1cc(C(F)(F)F)c(=O)n(OC(=O)CCC(C)C)n1. The highest BCUT2D eigenvalue weighted by molar-refractivity contribution is 5.69. The molecule has 0 unspecified atom stereocenters. The maximum atomic E-state index is 13.0. The summed E-state index contributed by atoms with van der Waals surface area (Å²) in [4.78, 5) is 28.2. The molecule has 134 valence electrons. The van der Waals surface area contributed by atoms with Gasteiger partial charge >= 0.3 is 17.7 Å². The molecule has 0 radical (unpaired) electrons. The molecular weight excluding hydrogens is 329 g/mol. The molecule has 0 saturated carbocycles. The van der Waals surface area contributed by atoms with E-state index in [0.717, 1.165) is 12.3 Å². The Labute approximate surface area is 136 Å². The smallest absolute Gasteiger partial charge is 0.421 e. The molecule has 0 aliphatic carbocycles. The fraction of sp³-hybridized carbons (Fsp3) is 0.533. The van der Waals surface area contributed by atoms with E-state index >= 15 is 0 Å². The molecule has 0 amide bonds. The number of carbonyl (C=O) groups excluding carboxylic acids is 1. The summed E-state index contributed by atoms with van der Waals surface area (Å²) in [6, 6.07) is 0.566. The van der Waals surface area contributed by atoms with Crippen LogP contribution < -0.4 is 10.4 Å². The number of nitrogens with zero attached hydrogens (tertiary/aromatic N) is 2. The van der Waals surface area contributed by atoms with Crippen molar-refractivity contribution in [2.75, 3.05) is 6.61 Å². The Hall–Kier alpha value is -2.32. The van der Waals surface area contributed by atoms with Crippen molar-refractivity contribution in [1.82, 2.24) is 9.94 Å². The quantitative estimate of drug-likeness (QED) is 0.709. The maximum Gasteiger partial charge on any atom is 0.421 e. The molecule has 0 bridgehead atoms. The Bertz CT molecular complexity index is 651. The van der Waals surface area contributed by atoms with Crippen molar-refractivity contribution >= 4 is 12.0 Å². The summed E-state index contributed by atoms with van der Waals surface area (Å²) in [5, 5.41) is 3.58. The summed E-state index contributed by atoms with van der Waals surface area (Å²) in [5.41, 5.74) is -3.26. The van der Waals surface area contributed by atoms with Crippen LogP contribution in [-0.2, 0) is 15.7 Å². The summed E-state index contributed by atoms with van der Waals surface area (Å²) in [6.07, 6.45) is -2.19. The molecule has 0 aliphatic heterocycles. The van der Waals surface area contributed by atoms with Gasteiger partial charge in [0.15, 0.2) is 0 Å². The summed E-state index contributed by atoms with van der Waals surface area (Å²) >= 11 is 0. The molecule has 0 atom stereocenters. The third kappa shape index (κ3) is 6.05. The molecular formula is C15H19F3N2O4. The third-order valence-electron chi connectivity index (χ3n) is 2.82. The Morgan fingerprint density at radius 3 is 2.62 bits per heavy atom. The lowest BCUT2D eigenvalue weighted by molar-refractivity contribution is -0.150. The maximum absolute atomic E-state index is 13.0. The first-order valence-corrected chi connectivity index (χ1v) is 7.36. The number of rotatable bonds is 7. The molecule has 0 N–H and O–H groups in total. The zero-order chi connectivity index (χ0) is 18.3. The van der Waals surface area contributed by atoms with E-state index in [1.807, 2.05) is 13.8 Å². The monoisotopic (exact) mass is 348 g/mol. The average molecular weight is 348 g/mol. The van der Waals surface area contributed by atoms with Crippen molar-refractivity contribution in [1.29, 1.82) is 0 Å². The second kappa shape index (κ2) is 8.51. The summed E-state index contributed by atoms with van der Waals surface area (Å²) in [7, 11) is 0. The first-order chi connectivity index (χ1) is 11.1. The minimum atomic E-state index is -4.90. The van der Waals surface area contributed by atoms with E-state index in [9.17, 15) is 22.8 Å². The second-order valence-electron chi connectivity index (χ2n) is 5.31. The van der Waals surface area contributed by atoms with E-state index in [-0.39, 0.29) is 22.9 Å². The Morgan fingerprint density at radius 1 is 1.42 bits per heavy atom. The van der Waals surface area contributed by atoms with Crippen LogP contribution in [0.5, 0.6) is 0 Å². The Kier molecular flexibility index (Phi) is 6.99. The lowest BCUT2D eigenvalue weighted by Crippen LogP contribution is -2.37. The van der Waals surface area contributed by atoms with Crippen LogP contribution >= 0.6 is 0 Å². The van der Waals surface area contributed by atoms with Gasteiger partial charge in [-0.2, -0.15) is 13.2 Å². The first-order valence-electron chi connectivity index (χ1n) is 7.36. The first kappa shape index (κ1) is 19.7. The van der Waals surface area contributed by atoms with E-state index < -0.39 is 23.3 Å². The highest BCUT2D eigenvalue weighted by Crippen LogP contribution is 2.26. The standard InChI is InChI=1S/C15H19F3N2O4/c1-4-23-8-7-11-9-12(15(16,17)18)14(22)20(19-11)24-13(21)6-5-10(2)3/h7-10H,4-6H2,1-3H3/b8-7+. The Balaban J connectivity index is 3.15. The number of aromatic nitrogens is 2. The van der Waals surface area contributed by atoms with E-state index in [4.69, 9.17) is 4.74 Å². The number of alkyl halides is 3. The molecule has 9 heteroatoms. The molecule has 1 rings (SSSR count). The van der Waals surface area contributed by atoms with E-state index in [1.54, 1.807) is 6.92 Å². The van der Waals surface area contributed by atoms with Crippen LogP contribution in [0.25, 0.3) is 6.08 Å². The average Bonchev–Trinajstić information content (AvgIpc) is 2.47. The highest BCUT2D eigenvalue weighted by atomic mass is 19.4. The van der Waals surface area contributed by atoms with Gasteiger partial charge in [-0.15, -0.1) is 5.10 Å². The lowest BCUT2D eigenvalue weighted by atomic mass is 10.1. The molecule has 1 aromatic rings. The van der Waals surface area contributed by atoms with Gasteiger partial charge in [-0.05, 0) is 30.2 Å². The van der Waals surface area contributed by atoms with Gasteiger partial charge in [-0.1, -0.05) is 13.8 Å². The minimum Gasteiger partial charge on any atom is -0.501 e. The highest BCUT2D eigenvalue weighted by Gasteiger charge is 2.36. The topological polar surface area (TPSA) is 70.4 Å². The fourth-order valence-electron chi connectivity index (χ4n) is 1.60. The summed E-state index contributed by atoms with van der Waals surface area (Å²) in [5.74, 6) is -0.634. The normalized spacial score (nSPS) is 12.0. The van der Waals surface area contributed by atoms with Gasteiger partial charge in [0.05, 0.1) is 18.6 Å².